The van der Waals surface area contributed by atoms with Gasteiger partial charge in [-0.05, 0) is 43.7 Å². The van der Waals surface area contributed by atoms with Gasteiger partial charge in [-0.25, -0.2) is 15.0 Å². The quantitative estimate of drug-likeness (QED) is 0.481. The van der Waals surface area contributed by atoms with E-state index in [-0.39, 0.29) is 12.5 Å². The van der Waals surface area contributed by atoms with Crippen molar-refractivity contribution in [2.75, 3.05) is 30.3 Å². The maximum absolute atomic E-state index is 11.9. The summed E-state index contributed by atoms with van der Waals surface area (Å²) >= 11 is 0. The van der Waals surface area contributed by atoms with E-state index >= 15 is 0 Å². The van der Waals surface area contributed by atoms with Gasteiger partial charge in [-0.2, -0.15) is 0 Å². The molecule has 0 atom stereocenters. The summed E-state index contributed by atoms with van der Waals surface area (Å²) in [7, 11) is 0. The van der Waals surface area contributed by atoms with E-state index < -0.39 is 0 Å². The van der Waals surface area contributed by atoms with Gasteiger partial charge in [-0.1, -0.05) is 17.7 Å². The largest absolute Gasteiger partial charge is 0.484 e. The van der Waals surface area contributed by atoms with Crippen LogP contribution in [0.3, 0.4) is 0 Å². The number of pyridine rings is 1. The third-order valence-electron chi connectivity index (χ3n) is 3.98. The van der Waals surface area contributed by atoms with Crippen molar-refractivity contribution in [3.05, 3.63) is 66.1 Å². The summed E-state index contributed by atoms with van der Waals surface area (Å²) in [4.78, 5) is 24.5. The fourth-order valence-electron chi connectivity index (χ4n) is 2.48. The summed E-state index contributed by atoms with van der Waals surface area (Å²) in [5, 5.41) is 9.09. The molecule has 3 rings (SSSR count). The Morgan fingerprint density at radius 1 is 0.897 bits per heavy atom. The average molecular weight is 392 g/mol. The molecule has 0 bridgehead atoms. The zero-order chi connectivity index (χ0) is 20.5. The van der Waals surface area contributed by atoms with Gasteiger partial charge in [-0.15, -0.1) is 0 Å². The number of rotatable bonds is 9. The monoisotopic (exact) mass is 392 g/mol. The van der Waals surface area contributed by atoms with Crippen LogP contribution in [0, 0.1) is 13.8 Å². The Balaban J connectivity index is 1.39. The third kappa shape index (κ3) is 6.76. The number of nitrogens with zero attached hydrogens (tertiary/aromatic N) is 3. The fourth-order valence-corrected chi connectivity index (χ4v) is 2.48. The Kier molecular flexibility index (Phi) is 6.94. The molecule has 0 saturated carbocycles. The number of aryl methyl sites for hydroxylation is 2. The van der Waals surface area contributed by atoms with Crippen LogP contribution in [-0.2, 0) is 4.79 Å². The molecule has 150 valence electrons. The van der Waals surface area contributed by atoms with Gasteiger partial charge in [0.2, 0.25) is 0 Å². The number of ether oxygens (including phenoxy) is 1. The highest BCUT2D eigenvalue weighted by atomic mass is 16.5. The van der Waals surface area contributed by atoms with E-state index in [4.69, 9.17) is 4.74 Å². The molecule has 8 heteroatoms. The Bertz CT molecular complexity index is 946. The number of benzene rings is 1. The molecule has 8 nitrogen and oxygen atoms in total. The van der Waals surface area contributed by atoms with Crippen molar-refractivity contribution < 1.29 is 9.53 Å². The van der Waals surface area contributed by atoms with Crippen LogP contribution in [0.5, 0.6) is 5.75 Å². The number of hydrogen-bond donors (Lipinski definition) is 3. The third-order valence-corrected chi connectivity index (χ3v) is 3.98. The van der Waals surface area contributed by atoms with E-state index in [1.165, 1.54) is 6.33 Å². The highest BCUT2D eigenvalue weighted by molar-refractivity contribution is 5.77. The lowest BCUT2D eigenvalue weighted by atomic mass is 10.2. The van der Waals surface area contributed by atoms with Gasteiger partial charge >= 0.3 is 0 Å². The minimum Gasteiger partial charge on any atom is -0.484 e. The van der Waals surface area contributed by atoms with Crippen molar-refractivity contribution in [1.82, 2.24) is 20.3 Å². The molecule has 3 aromatic rings. The Morgan fingerprint density at radius 2 is 1.66 bits per heavy atom. The molecule has 0 spiro atoms. The van der Waals surface area contributed by atoms with Gasteiger partial charge in [0, 0.05) is 25.4 Å². The summed E-state index contributed by atoms with van der Waals surface area (Å²) in [5.74, 6) is 2.50. The second kappa shape index (κ2) is 10.0. The maximum atomic E-state index is 11.9. The summed E-state index contributed by atoms with van der Waals surface area (Å²) in [6.45, 7) is 4.95. The van der Waals surface area contributed by atoms with Crippen LogP contribution in [0.1, 0.15) is 11.1 Å². The number of carbonyl (C=O) groups is 1. The summed E-state index contributed by atoms with van der Waals surface area (Å²) in [5.41, 5.74) is 2.25. The molecule has 0 fully saturated rings. The van der Waals surface area contributed by atoms with Crippen molar-refractivity contribution in [1.29, 1.82) is 0 Å². The predicted molar refractivity (Wildman–Crippen MR) is 112 cm³/mol. The van der Waals surface area contributed by atoms with Gasteiger partial charge in [0.05, 0.1) is 0 Å². The van der Waals surface area contributed by atoms with E-state index in [1.807, 2.05) is 50.2 Å². The second-order valence-corrected chi connectivity index (χ2v) is 6.51. The van der Waals surface area contributed by atoms with Crippen LogP contribution in [0.25, 0.3) is 0 Å². The lowest BCUT2D eigenvalue weighted by Crippen LogP contribution is -2.32. The van der Waals surface area contributed by atoms with Crippen LogP contribution in [-0.4, -0.2) is 40.6 Å². The van der Waals surface area contributed by atoms with Crippen LogP contribution < -0.4 is 20.7 Å². The SMILES string of the molecule is Cc1ccc(OCC(=O)NCCNc2cc(Nc3cc(C)ccn3)ncn2)cc1. The lowest BCUT2D eigenvalue weighted by molar-refractivity contribution is -0.123. The minimum atomic E-state index is -0.178. The van der Waals surface area contributed by atoms with Crippen LogP contribution in [0.2, 0.25) is 0 Å². The molecule has 29 heavy (non-hydrogen) atoms. The zero-order valence-corrected chi connectivity index (χ0v) is 16.5. The normalized spacial score (nSPS) is 10.3. The maximum Gasteiger partial charge on any atom is 0.258 e. The number of nitrogens with one attached hydrogen (secondary N) is 3. The van der Waals surface area contributed by atoms with E-state index in [1.54, 1.807) is 12.3 Å². The van der Waals surface area contributed by atoms with E-state index in [0.717, 1.165) is 16.9 Å². The molecule has 2 heterocycles. The number of anilines is 3. The number of amides is 1. The number of hydrogen-bond acceptors (Lipinski definition) is 7. The molecule has 0 saturated heterocycles. The molecule has 0 radical (unpaired) electrons. The van der Waals surface area contributed by atoms with Crippen LogP contribution in [0.15, 0.2) is 55.0 Å². The molecule has 0 unspecified atom stereocenters. The molecule has 0 aliphatic heterocycles. The first kappa shape index (κ1) is 20.1. The molecule has 2 aromatic heterocycles. The number of aromatic nitrogens is 3. The molecular formula is C21H24N6O2. The smallest absolute Gasteiger partial charge is 0.258 e. The van der Waals surface area contributed by atoms with Gasteiger partial charge in [0.1, 0.15) is 29.5 Å². The van der Waals surface area contributed by atoms with Gasteiger partial charge in [0.25, 0.3) is 5.91 Å². The second-order valence-electron chi connectivity index (χ2n) is 6.51. The number of carbonyl (C=O) groups excluding carboxylic acids is 1. The van der Waals surface area contributed by atoms with Crippen molar-refractivity contribution in [3.63, 3.8) is 0 Å². The predicted octanol–water partition coefficient (Wildman–Crippen LogP) is 2.84. The van der Waals surface area contributed by atoms with Crippen molar-refractivity contribution in [2.45, 2.75) is 13.8 Å². The van der Waals surface area contributed by atoms with E-state index in [2.05, 4.69) is 30.9 Å². The lowest BCUT2D eigenvalue weighted by Gasteiger charge is -2.10. The standard InChI is InChI=1S/C21H24N6O2/c1-15-3-5-17(6-4-15)29-13-21(28)24-10-9-23-18-12-20(26-14-25-18)27-19-11-16(2)7-8-22-19/h3-8,11-12,14H,9-10,13H2,1-2H3,(H,24,28)(H2,22,23,25,26,27). The van der Waals surface area contributed by atoms with Crippen LogP contribution in [0.4, 0.5) is 17.5 Å². The van der Waals surface area contributed by atoms with Crippen molar-refractivity contribution in [3.8, 4) is 5.75 Å². The van der Waals surface area contributed by atoms with Crippen molar-refractivity contribution >= 4 is 23.4 Å². The molecule has 1 aromatic carbocycles. The first-order valence-corrected chi connectivity index (χ1v) is 9.30. The van der Waals surface area contributed by atoms with Gasteiger partial charge in [-0.3, -0.25) is 4.79 Å². The molecule has 3 N–H and O–H groups in total. The minimum absolute atomic E-state index is 0.0197. The van der Waals surface area contributed by atoms with Crippen molar-refractivity contribution in [2.24, 2.45) is 0 Å². The summed E-state index contributed by atoms with van der Waals surface area (Å²) in [6, 6.07) is 13.2. The molecule has 0 aliphatic carbocycles. The molecule has 1 amide bonds. The molecule has 0 aliphatic rings. The highest BCUT2D eigenvalue weighted by Gasteiger charge is 2.03. The van der Waals surface area contributed by atoms with E-state index in [0.29, 0.717) is 30.5 Å². The Labute approximate surface area is 169 Å². The Morgan fingerprint density at radius 3 is 2.45 bits per heavy atom. The Hall–Kier alpha value is -3.68. The first-order chi connectivity index (χ1) is 14.1. The van der Waals surface area contributed by atoms with Crippen LogP contribution >= 0.6 is 0 Å². The highest BCUT2D eigenvalue weighted by Crippen LogP contribution is 2.15. The summed E-state index contributed by atoms with van der Waals surface area (Å²) < 4.78 is 5.45. The zero-order valence-electron chi connectivity index (χ0n) is 16.5. The van der Waals surface area contributed by atoms with E-state index in [9.17, 15) is 4.79 Å². The molecular weight excluding hydrogens is 368 g/mol. The first-order valence-electron chi connectivity index (χ1n) is 9.30. The van der Waals surface area contributed by atoms with Gasteiger partial charge < -0.3 is 20.7 Å². The fraction of sp³-hybridized carbons (Fsp3) is 0.238. The topological polar surface area (TPSA) is 101 Å². The van der Waals surface area contributed by atoms with Gasteiger partial charge in [0.15, 0.2) is 6.61 Å². The average Bonchev–Trinajstić information content (AvgIpc) is 2.71. The summed E-state index contributed by atoms with van der Waals surface area (Å²) in [6.07, 6.45) is 3.21.